The second-order valence-electron chi connectivity index (χ2n) is 16.9. The molecule has 17 heteroatoms. The number of hydrogen-bond acceptors (Lipinski definition) is 14. The van der Waals surface area contributed by atoms with Crippen molar-refractivity contribution < 1.29 is 36.6 Å². The van der Waals surface area contributed by atoms with E-state index < -0.39 is 57.7 Å². The van der Waals surface area contributed by atoms with Crippen LogP contribution in [0.3, 0.4) is 0 Å². The molecular weight excluding hydrogens is 969 g/mol. The number of carbonyl (C=O) groups excluding carboxylic acids is 3. The van der Waals surface area contributed by atoms with Crippen LogP contribution in [0, 0.1) is 6.92 Å². The Morgan fingerprint density at radius 2 is 1.33 bits per heavy atom. The van der Waals surface area contributed by atoms with Gasteiger partial charge in [0.1, 0.15) is 41.2 Å². The summed E-state index contributed by atoms with van der Waals surface area (Å²) in [7, 11) is -2.97. The number of carbonyl (C=O) groups is 3. The molecule has 364 valence electrons. The fraction of sp³-hybridized carbons (Fsp3) is 0.145. The maximum Gasteiger partial charge on any atom is 0.356 e. The topological polar surface area (TPSA) is 178 Å². The molecule has 2 aliphatic rings. The Balaban J connectivity index is 1.02. The molecule has 72 heavy (non-hydrogen) atoms. The predicted octanol–water partition coefficient (Wildman–Crippen LogP) is 8.61. The van der Waals surface area contributed by atoms with Crippen molar-refractivity contribution in [2.24, 2.45) is 5.16 Å². The quantitative estimate of drug-likeness (QED) is 0.00946. The molecule has 0 bridgehead atoms. The van der Waals surface area contributed by atoms with E-state index in [1.807, 2.05) is 159 Å². The van der Waals surface area contributed by atoms with Gasteiger partial charge in [0, 0.05) is 11.4 Å². The number of β-lactam (4-membered cyclic amide) rings is 1. The van der Waals surface area contributed by atoms with Gasteiger partial charge in [-0.25, -0.2) is 9.78 Å². The van der Waals surface area contributed by atoms with Crippen LogP contribution in [0.25, 0.3) is 0 Å². The normalized spacial score (nSPS) is 17.0. The molecule has 6 aromatic carbocycles. The number of thiazole rings is 1. The standard InChI is InChI=1S/C55H48N6O8S3/c1-36-28-30-43(31-29-36)72(65,66)68-33-32-39-34-44(60-70)49-47(52(63)61(49)48(39)53(64)69-50(37-18-8-3-9-19-37)38-20-10-4-11-21-38)57-51(62)46(59-67-2)45-35-71-54(56-45)58-55(40-22-12-5-13-23-40,41-24-14-6-15-25-41)42-26-16-7-17-27-42/h3-33,35,44,47,49-50,60,70H,34H2,1-2H3,(H,56,58)(H,57,62). The van der Waals surface area contributed by atoms with Crippen molar-refractivity contribution >= 4 is 62.9 Å². The Hall–Kier alpha value is -7.83. The summed E-state index contributed by atoms with van der Waals surface area (Å²) < 4.78 is 41.0. The molecule has 1 aromatic heterocycles. The summed E-state index contributed by atoms with van der Waals surface area (Å²) in [5.41, 5.74) is 4.13. The van der Waals surface area contributed by atoms with Crippen LogP contribution in [-0.2, 0) is 43.8 Å². The molecule has 0 radical (unpaired) electrons. The summed E-state index contributed by atoms with van der Waals surface area (Å²) in [5.74, 6) is -2.30. The number of oxime groups is 1. The first kappa shape index (κ1) is 49.2. The van der Waals surface area contributed by atoms with Gasteiger partial charge in [-0.1, -0.05) is 187 Å². The second-order valence-corrected chi connectivity index (χ2v) is 19.6. The highest BCUT2D eigenvalue weighted by Crippen LogP contribution is 2.42. The zero-order chi connectivity index (χ0) is 50.2. The van der Waals surface area contributed by atoms with Gasteiger partial charge >= 0.3 is 16.1 Å². The van der Waals surface area contributed by atoms with E-state index in [1.54, 1.807) is 17.5 Å². The number of nitrogens with one attached hydrogen (secondary N) is 3. The van der Waals surface area contributed by atoms with Gasteiger partial charge in [0.05, 0.1) is 6.04 Å². The van der Waals surface area contributed by atoms with Gasteiger partial charge in [-0.3, -0.25) is 19.2 Å². The SMILES string of the molecule is CON=C(C(=O)NC1C(=O)N2C(C(=O)OC(c3ccccc3)c3ccccc3)=C(C=COS(=O)(=O)c3ccc(C)cc3)CC(NS)C12)c1csc(NC(c2ccccc2)(c2ccccc2)c2ccccc2)n1. The highest BCUT2D eigenvalue weighted by Gasteiger charge is 2.58. The number of anilines is 1. The Kier molecular flexibility index (Phi) is 14.8. The molecule has 2 aliphatic heterocycles. The summed E-state index contributed by atoms with van der Waals surface area (Å²) in [4.78, 5) is 55.0. The average Bonchev–Trinajstić information content (AvgIpc) is 3.88. The maximum atomic E-state index is 14.7. The van der Waals surface area contributed by atoms with E-state index in [2.05, 4.69) is 33.3 Å². The number of aryl methyl sites for hydroxylation is 1. The van der Waals surface area contributed by atoms with E-state index in [0.29, 0.717) is 16.3 Å². The third-order valence-electron chi connectivity index (χ3n) is 12.4. The molecule has 1 fully saturated rings. The van der Waals surface area contributed by atoms with Crippen molar-refractivity contribution in [3.63, 3.8) is 0 Å². The van der Waals surface area contributed by atoms with Crippen molar-refractivity contribution in [3.8, 4) is 0 Å². The van der Waals surface area contributed by atoms with Crippen molar-refractivity contribution in [2.75, 3.05) is 12.4 Å². The Morgan fingerprint density at radius 3 is 1.85 bits per heavy atom. The van der Waals surface area contributed by atoms with Crippen LogP contribution in [0.1, 0.15) is 51.6 Å². The Morgan fingerprint density at radius 1 is 0.806 bits per heavy atom. The van der Waals surface area contributed by atoms with E-state index in [-0.39, 0.29) is 34.0 Å². The molecule has 3 N–H and O–H groups in total. The van der Waals surface area contributed by atoms with Gasteiger partial charge in [0.25, 0.3) is 11.8 Å². The number of fused-ring (bicyclic) bond motifs is 1. The minimum Gasteiger partial charge on any atom is -0.448 e. The van der Waals surface area contributed by atoms with Crippen LogP contribution in [0.2, 0.25) is 0 Å². The molecule has 7 aromatic rings. The third-order valence-corrected chi connectivity index (χ3v) is 14.7. The molecule has 3 unspecified atom stereocenters. The first-order valence-electron chi connectivity index (χ1n) is 22.8. The molecule has 14 nitrogen and oxygen atoms in total. The molecule has 0 aliphatic carbocycles. The van der Waals surface area contributed by atoms with Crippen molar-refractivity contribution in [1.29, 1.82) is 0 Å². The number of aromatic nitrogens is 1. The monoisotopic (exact) mass is 1020 g/mol. The molecule has 9 rings (SSSR count). The van der Waals surface area contributed by atoms with E-state index >= 15 is 0 Å². The molecular formula is C55H48N6O8S3. The average molecular weight is 1020 g/mol. The second kappa shape index (κ2) is 21.7. The number of rotatable bonds is 18. The van der Waals surface area contributed by atoms with E-state index in [9.17, 15) is 22.8 Å². The molecule has 3 heterocycles. The highest BCUT2D eigenvalue weighted by molar-refractivity contribution is 7.86. The van der Waals surface area contributed by atoms with Crippen LogP contribution in [0.4, 0.5) is 5.13 Å². The summed E-state index contributed by atoms with van der Waals surface area (Å²) in [6.45, 7) is 1.83. The van der Waals surface area contributed by atoms with Gasteiger partial charge in [0.15, 0.2) is 16.9 Å². The van der Waals surface area contributed by atoms with Crippen LogP contribution >= 0.6 is 24.2 Å². The number of esters is 1. The number of allylic oxidation sites excluding steroid dienone is 1. The number of amides is 2. The number of thiol groups is 1. The summed E-state index contributed by atoms with van der Waals surface area (Å²) >= 11 is 5.68. The lowest BCUT2D eigenvalue weighted by atomic mass is 9.77. The fourth-order valence-electron chi connectivity index (χ4n) is 9.01. The molecule has 3 atom stereocenters. The highest BCUT2D eigenvalue weighted by atomic mass is 32.2. The number of nitrogens with zero attached hydrogens (tertiary/aromatic N) is 3. The maximum absolute atomic E-state index is 14.7. The zero-order valence-corrected chi connectivity index (χ0v) is 41.4. The van der Waals surface area contributed by atoms with E-state index in [4.69, 9.17) is 18.7 Å². The van der Waals surface area contributed by atoms with Gasteiger partial charge in [-0.15, -0.1) is 11.3 Å². The molecule has 1 saturated heterocycles. The van der Waals surface area contributed by atoms with Crippen LogP contribution in [0.15, 0.2) is 215 Å². The lowest BCUT2D eigenvalue weighted by molar-refractivity contribution is -0.159. The minimum atomic E-state index is -4.27. The van der Waals surface area contributed by atoms with Crippen LogP contribution in [-0.4, -0.2) is 67.0 Å². The van der Waals surface area contributed by atoms with Gasteiger partial charge in [-0.2, -0.15) is 8.42 Å². The number of ether oxygens (including phenoxy) is 1. The molecule has 2 amide bonds. The Labute approximate surface area is 426 Å². The van der Waals surface area contributed by atoms with E-state index in [1.165, 1.54) is 41.6 Å². The van der Waals surface area contributed by atoms with Crippen molar-refractivity contribution in [3.05, 3.63) is 244 Å². The largest absolute Gasteiger partial charge is 0.448 e. The van der Waals surface area contributed by atoms with E-state index in [0.717, 1.165) is 28.5 Å². The number of benzene rings is 6. The fourth-order valence-corrected chi connectivity index (χ4v) is 10.8. The Bertz CT molecular complexity index is 3110. The first-order chi connectivity index (χ1) is 35.0. The number of hydrogen-bond donors (Lipinski definition) is 4. The third kappa shape index (κ3) is 10.0. The van der Waals surface area contributed by atoms with Crippen LogP contribution < -0.4 is 15.4 Å². The minimum absolute atomic E-state index is 0.0205. The summed E-state index contributed by atoms with van der Waals surface area (Å²) in [6, 6.07) is 51.6. The van der Waals surface area contributed by atoms with Gasteiger partial charge < -0.3 is 24.4 Å². The van der Waals surface area contributed by atoms with Crippen molar-refractivity contribution in [1.82, 2.24) is 19.9 Å². The lowest BCUT2D eigenvalue weighted by Crippen LogP contribution is -2.77. The molecule has 0 saturated carbocycles. The van der Waals surface area contributed by atoms with Gasteiger partial charge in [-0.05, 0) is 64.9 Å². The molecule has 0 spiro atoms. The smallest absolute Gasteiger partial charge is 0.356 e. The summed E-state index contributed by atoms with van der Waals surface area (Å²) in [5, 5.41) is 12.8. The van der Waals surface area contributed by atoms with Crippen molar-refractivity contribution in [2.45, 2.75) is 48.0 Å². The van der Waals surface area contributed by atoms with Gasteiger partial charge in [0.2, 0.25) is 0 Å². The summed E-state index contributed by atoms with van der Waals surface area (Å²) in [6.07, 6.45) is 1.39. The predicted molar refractivity (Wildman–Crippen MR) is 278 cm³/mol. The zero-order valence-electron chi connectivity index (χ0n) is 38.9. The van der Waals surface area contributed by atoms with Crippen LogP contribution in [0.5, 0.6) is 0 Å². The first-order valence-corrected chi connectivity index (χ1v) is 25.5. The lowest BCUT2D eigenvalue weighted by Gasteiger charge is -2.53.